The van der Waals surface area contributed by atoms with Crippen LogP contribution >= 0.6 is 0 Å². The van der Waals surface area contributed by atoms with Gasteiger partial charge in [0.05, 0.1) is 11.6 Å². The highest BCUT2D eigenvalue weighted by molar-refractivity contribution is 5.94. The maximum absolute atomic E-state index is 12.3. The van der Waals surface area contributed by atoms with Crippen molar-refractivity contribution in [1.29, 1.82) is 5.26 Å². The van der Waals surface area contributed by atoms with Crippen LogP contribution in [0.25, 0.3) is 0 Å². The molecule has 1 aliphatic heterocycles. The van der Waals surface area contributed by atoms with Gasteiger partial charge in [-0.1, -0.05) is 12.5 Å². The van der Waals surface area contributed by atoms with Crippen LogP contribution in [0.3, 0.4) is 0 Å². The number of carbonyl (C=O) groups excluding carboxylic acids is 1. The van der Waals surface area contributed by atoms with Crippen molar-refractivity contribution >= 4 is 5.91 Å². The third-order valence-electron chi connectivity index (χ3n) is 3.49. The highest BCUT2D eigenvalue weighted by atomic mass is 16.2. The molecule has 0 spiro atoms. The topological polar surface area (TPSA) is 56.1 Å². The molecule has 0 aliphatic carbocycles. The Kier molecular flexibility index (Phi) is 4.53. The summed E-state index contributed by atoms with van der Waals surface area (Å²) in [5, 5.41) is 12.3. The first-order chi connectivity index (χ1) is 9.20. The summed E-state index contributed by atoms with van der Waals surface area (Å²) in [6.45, 7) is 1.76. The SMILES string of the molecule is CN(CC1CCCCN1)C(=O)c1cccc(C#N)c1. The van der Waals surface area contributed by atoms with Gasteiger partial charge in [0.25, 0.3) is 5.91 Å². The van der Waals surface area contributed by atoms with Crippen LogP contribution in [-0.2, 0) is 0 Å². The van der Waals surface area contributed by atoms with E-state index in [0.717, 1.165) is 19.5 Å². The minimum Gasteiger partial charge on any atom is -0.340 e. The number of hydrogen-bond donors (Lipinski definition) is 1. The van der Waals surface area contributed by atoms with E-state index in [-0.39, 0.29) is 5.91 Å². The summed E-state index contributed by atoms with van der Waals surface area (Å²) in [5.74, 6) is -0.0236. The van der Waals surface area contributed by atoms with E-state index >= 15 is 0 Å². The van der Waals surface area contributed by atoms with E-state index in [1.54, 1.807) is 29.2 Å². The molecule has 1 unspecified atom stereocenters. The Morgan fingerprint density at radius 3 is 3.05 bits per heavy atom. The summed E-state index contributed by atoms with van der Waals surface area (Å²) in [6.07, 6.45) is 3.57. The first-order valence-corrected chi connectivity index (χ1v) is 6.69. The quantitative estimate of drug-likeness (QED) is 0.898. The normalized spacial score (nSPS) is 18.6. The fraction of sp³-hybridized carbons (Fsp3) is 0.467. The second-order valence-electron chi connectivity index (χ2n) is 5.03. The van der Waals surface area contributed by atoms with E-state index in [1.165, 1.54) is 12.8 Å². The minimum absolute atomic E-state index is 0.0236. The van der Waals surface area contributed by atoms with Crippen LogP contribution in [-0.4, -0.2) is 37.0 Å². The monoisotopic (exact) mass is 257 g/mol. The summed E-state index contributed by atoms with van der Waals surface area (Å²) in [6, 6.07) is 9.31. The lowest BCUT2D eigenvalue weighted by Gasteiger charge is -2.28. The summed E-state index contributed by atoms with van der Waals surface area (Å²) >= 11 is 0. The largest absolute Gasteiger partial charge is 0.340 e. The molecule has 1 aliphatic rings. The van der Waals surface area contributed by atoms with Crippen molar-refractivity contribution in [3.05, 3.63) is 35.4 Å². The third kappa shape index (κ3) is 3.55. The Balaban J connectivity index is 1.99. The Morgan fingerprint density at radius 2 is 2.37 bits per heavy atom. The van der Waals surface area contributed by atoms with Gasteiger partial charge in [-0.25, -0.2) is 0 Å². The van der Waals surface area contributed by atoms with Crippen molar-refractivity contribution in [3.63, 3.8) is 0 Å². The zero-order valence-corrected chi connectivity index (χ0v) is 11.2. The molecule has 4 nitrogen and oxygen atoms in total. The number of nitrogens with one attached hydrogen (secondary N) is 1. The molecule has 4 heteroatoms. The predicted molar refractivity (Wildman–Crippen MR) is 73.8 cm³/mol. The van der Waals surface area contributed by atoms with Gasteiger partial charge in [0, 0.05) is 25.2 Å². The zero-order valence-electron chi connectivity index (χ0n) is 11.2. The molecule has 1 fully saturated rings. The fourth-order valence-electron chi connectivity index (χ4n) is 2.44. The van der Waals surface area contributed by atoms with Gasteiger partial charge < -0.3 is 10.2 Å². The number of amides is 1. The van der Waals surface area contributed by atoms with Crippen molar-refractivity contribution in [3.8, 4) is 6.07 Å². The molecule has 2 rings (SSSR count). The molecule has 1 atom stereocenters. The number of nitrogens with zero attached hydrogens (tertiary/aromatic N) is 2. The predicted octanol–water partition coefficient (Wildman–Crippen LogP) is 1.77. The molecule has 0 saturated carbocycles. The van der Waals surface area contributed by atoms with Crippen molar-refractivity contribution in [2.45, 2.75) is 25.3 Å². The summed E-state index contributed by atoms with van der Waals surface area (Å²) in [5.41, 5.74) is 1.10. The summed E-state index contributed by atoms with van der Waals surface area (Å²) < 4.78 is 0. The summed E-state index contributed by atoms with van der Waals surface area (Å²) in [4.78, 5) is 14.0. The van der Waals surface area contributed by atoms with Crippen LogP contribution in [0.15, 0.2) is 24.3 Å². The number of piperidine rings is 1. The van der Waals surface area contributed by atoms with Crippen molar-refractivity contribution in [2.75, 3.05) is 20.1 Å². The van der Waals surface area contributed by atoms with Crippen molar-refractivity contribution in [1.82, 2.24) is 10.2 Å². The molecule has 0 bridgehead atoms. The second-order valence-corrected chi connectivity index (χ2v) is 5.03. The number of hydrogen-bond acceptors (Lipinski definition) is 3. The molecule has 0 radical (unpaired) electrons. The number of rotatable bonds is 3. The maximum atomic E-state index is 12.3. The molecule has 19 heavy (non-hydrogen) atoms. The number of nitriles is 1. The Hall–Kier alpha value is -1.86. The molecular weight excluding hydrogens is 238 g/mol. The molecule has 1 aromatic rings. The smallest absolute Gasteiger partial charge is 0.253 e. The van der Waals surface area contributed by atoms with Crippen LogP contribution in [0.5, 0.6) is 0 Å². The van der Waals surface area contributed by atoms with Gasteiger partial charge in [-0.2, -0.15) is 5.26 Å². The van der Waals surface area contributed by atoms with Crippen LogP contribution in [0, 0.1) is 11.3 Å². The van der Waals surface area contributed by atoms with Gasteiger partial charge in [-0.05, 0) is 37.6 Å². The molecule has 100 valence electrons. The van der Waals surface area contributed by atoms with E-state index in [9.17, 15) is 4.79 Å². The van der Waals surface area contributed by atoms with Gasteiger partial charge in [-0.15, -0.1) is 0 Å². The van der Waals surface area contributed by atoms with E-state index in [2.05, 4.69) is 11.4 Å². The van der Waals surface area contributed by atoms with Crippen molar-refractivity contribution in [2.24, 2.45) is 0 Å². The molecule has 0 aromatic heterocycles. The Labute approximate surface area is 114 Å². The Morgan fingerprint density at radius 1 is 1.53 bits per heavy atom. The van der Waals surface area contributed by atoms with Gasteiger partial charge in [0.2, 0.25) is 0 Å². The molecule has 1 aromatic carbocycles. The first-order valence-electron chi connectivity index (χ1n) is 6.69. The van der Waals surface area contributed by atoms with E-state index in [0.29, 0.717) is 17.2 Å². The average molecular weight is 257 g/mol. The average Bonchev–Trinajstić information content (AvgIpc) is 2.47. The maximum Gasteiger partial charge on any atom is 0.253 e. The van der Waals surface area contributed by atoms with Crippen LogP contribution in [0.1, 0.15) is 35.2 Å². The number of benzene rings is 1. The number of carbonyl (C=O) groups is 1. The highest BCUT2D eigenvalue weighted by Gasteiger charge is 2.18. The minimum atomic E-state index is -0.0236. The molecule has 1 amide bonds. The van der Waals surface area contributed by atoms with Gasteiger partial charge in [0.15, 0.2) is 0 Å². The standard InChI is InChI=1S/C15H19N3O/c1-18(11-14-7-2-3-8-17-14)15(19)13-6-4-5-12(9-13)10-16/h4-6,9,14,17H,2-3,7-8,11H2,1H3. The highest BCUT2D eigenvalue weighted by Crippen LogP contribution is 2.11. The fourth-order valence-corrected chi connectivity index (χ4v) is 2.44. The van der Waals surface area contributed by atoms with Crippen LogP contribution < -0.4 is 5.32 Å². The van der Waals surface area contributed by atoms with Gasteiger partial charge >= 0.3 is 0 Å². The number of likely N-dealkylation sites (N-methyl/N-ethyl adjacent to an activating group) is 1. The first kappa shape index (κ1) is 13.6. The summed E-state index contributed by atoms with van der Waals surface area (Å²) in [7, 11) is 1.82. The third-order valence-corrected chi connectivity index (χ3v) is 3.49. The van der Waals surface area contributed by atoms with Crippen LogP contribution in [0.2, 0.25) is 0 Å². The molecule has 1 saturated heterocycles. The molecular formula is C15H19N3O. The second kappa shape index (κ2) is 6.35. The lowest BCUT2D eigenvalue weighted by Crippen LogP contribution is -2.44. The van der Waals surface area contributed by atoms with Gasteiger partial charge in [0.1, 0.15) is 0 Å². The van der Waals surface area contributed by atoms with E-state index in [1.807, 2.05) is 7.05 Å². The lowest BCUT2D eigenvalue weighted by molar-refractivity contribution is 0.0775. The Bertz CT molecular complexity index is 486. The van der Waals surface area contributed by atoms with E-state index in [4.69, 9.17) is 5.26 Å². The molecule has 1 heterocycles. The van der Waals surface area contributed by atoms with Gasteiger partial charge in [-0.3, -0.25) is 4.79 Å². The van der Waals surface area contributed by atoms with Crippen molar-refractivity contribution < 1.29 is 4.79 Å². The zero-order chi connectivity index (χ0) is 13.7. The van der Waals surface area contributed by atoms with Crippen LogP contribution in [0.4, 0.5) is 0 Å². The van der Waals surface area contributed by atoms with E-state index < -0.39 is 0 Å². The molecule has 1 N–H and O–H groups in total. The lowest BCUT2D eigenvalue weighted by atomic mass is 10.0.